The van der Waals surface area contributed by atoms with E-state index in [9.17, 15) is 4.79 Å². The van der Waals surface area contributed by atoms with Gasteiger partial charge in [0.2, 0.25) is 5.91 Å². The van der Waals surface area contributed by atoms with Gasteiger partial charge in [-0.25, -0.2) is 0 Å². The van der Waals surface area contributed by atoms with Crippen LogP contribution in [0.2, 0.25) is 0 Å². The number of methoxy groups -OCH3 is 1. The van der Waals surface area contributed by atoms with Crippen LogP contribution in [0.25, 0.3) is 0 Å². The molecule has 0 aliphatic rings. The highest BCUT2D eigenvalue weighted by Crippen LogP contribution is 2.07. The molecular formula is C14H21NO2. The molecule has 17 heavy (non-hydrogen) atoms. The first-order valence-electron chi connectivity index (χ1n) is 6.01. The molecule has 0 aromatic heterocycles. The first kappa shape index (κ1) is 13.7. The molecule has 0 heterocycles. The normalized spacial score (nSPS) is 12.2. The summed E-state index contributed by atoms with van der Waals surface area (Å²) in [6.45, 7) is 5.15. The minimum Gasteiger partial charge on any atom is -0.380 e. The van der Waals surface area contributed by atoms with E-state index in [4.69, 9.17) is 4.74 Å². The maximum Gasteiger partial charge on any atom is 0.223 e. The fraction of sp³-hybridized carbons (Fsp3) is 0.500. The smallest absolute Gasteiger partial charge is 0.223 e. The Morgan fingerprint density at radius 2 is 2.12 bits per heavy atom. The molecule has 0 saturated carbocycles. The van der Waals surface area contributed by atoms with Gasteiger partial charge in [0.15, 0.2) is 0 Å². The Labute approximate surface area is 103 Å². The molecule has 0 radical (unpaired) electrons. The Balaban J connectivity index is 2.51. The summed E-state index contributed by atoms with van der Waals surface area (Å²) in [5.74, 6) is 0.196. The van der Waals surface area contributed by atoms with Gasteiger partial charge in [0, 0.05) is 19.6 Å². The molecule has 1 amide bonds. The molecule has 1 aromatic carbocycles. The van der Waals surface area contributed by atoms with Gasteiger partial charge >= 0.3 is 0 Å². The van der Waals surface area contributed by atoms with Gasteiger partial charge in [-0.05, 0) is 17.5 Å². The van der Waals surface area contributed by atoms with Gasteiger partial charge in [0.1, 0.15) is 0 Å². The van der Waals surface area contributed by atoms with Crippen molar-refractivity contribution in [1.82, 2.24) is 5.32 Å². The second-order valence-electron chi connectivity index (χ2n) is 4.28. The summed E-state index contributed by atoms with van der Waals surface area (Å²) < 4.78 is 5.08. The Morgan fingerprint density at radius 1 is 1.41 bits per heavy atom. The zero-order chi connectivity index (χ0) is 12.7. The van der Waals surface area contributed by atoms with Crippen molar-refractivity contribution in [2.24, 2.45) is 5.92 Å². The Hall–Kier alpha value is -1.35. The molecule has 3 nitrogen and oxygen atoms in total. The summed E-state index contributed by atoms with van der Waals surface area (Å²) in [7, 11) is 1.68. The highest BCUT2D eigenvalue weighted by molar-refractivity contribution is 5.78. The van der Waals surface area contributed by atoms with Crippen molar-refractivity contribution in [3.8, 4) is 0 Å². The van der Waals surface area contributed by atoms with Gasteiger partial charge in [-0.3, -0.25) is 4.79 Å². The summed E-state index contributed by atoms with van der Waals surface area (Å²) in [6, 6.07) is 8.07. The zero-order valence-corrected chi connectivity index (χ0v) is 10.8. The van der Waals surface area contributed by atoms with Crippen LogP contribution in [-0.4, -0.2) is 13.0 Å². The van der Waals surface area contributed by atoms with Crippen molar-refractivity contribution < 1.29 is 9.53 Å². The van der Waals surface area contributed by atoms with E-state index in [1.54, 1.807) is 7.11 Å². The van der Waals surface area contributed by atoms with Gasteiger partial charge in [-0.2, -0.15) is 0 Å². The van der Waals surface area contributed by atoms with Crippen LogP contribution < -0.4 is 5.32 Å². The van der Waals surface area contributed by atoms with Crippen molar-refractivity contribution >= 4 is 5.91 Å². The van der Waals surface area contributed by atoms with E-state index in [0.29, 0.717) is 13.2 Å². The molecule has 0 aliphatic heterocycles. The van der Waals surface area contributed by atoms with Crippen LogP contribution in [0.1, 0.15) is 31.4 Å². The predicted molar refractivity (Wildman–Crippen MR) is 68.5 cm³/mol. The number of hydrogen-bond acceptors (Lipinski definition) is 2. The number of carbonyl (C=O) groups excluding carboxylic acids is 1. The third-order valence-electron chi connectivity index (χ3n) is 2.83. The molecule has 0 aliphatic carbocycles. The lowest BCUT2D eigenvalue weighted by atomic mass is 10.1. The maximum atomic E-state index is 11.6. The SMILES string of the molecule is CCC(C)C(=O)NCc1cccc(COC)c1. The van der Waals surface area contributed by atoms with Crippen LogP contribution in [0, 0.1) is 5.92 Å². The Kier molecular flexibility index (Phi) is 5.70. The lowest BCUT2D eigenvalue weighted by Gasteiger charge is -2.10. The average Bonchev–Trinajstić information content (AvgIpc) is 2.36. The molecule has 0 bridgehead atoms. The van der Waals surface area contributed by atoms with Crippen LogP contribution in [0.4, 0.5) is 0 Å². The molecule has 1 N–H and O–H groups in total. The lowest BCUT2D eigenvalue weighted by molar-refractivity contribution is -0.124. The van der Waals surface area contributed by atoms with E-state index in [1.165, 1.54) is 0 Å². The van der Waals surface area contributed by atoms with Crippen molar-refractivity contribution in [2.75, 3.05) is 7.11 Å². The highest BCUT2D eigenvalue weighted by Gasteiger charge is 2.09. The molecular weight excluding hydrogens is 214 g/mol. The first-order valence-corrected chi connectivity index (χ1v) is 6.01. The number of rotatable bonds is 6. The number of ether oxygens (including phenoxy) is 1. The minimum atomic E-state index is 0.0807. The van der Waals surface area contributed by atoms with Gasteiger partial charge in [0.05, 0.1) is 6.61 Å². The number of carbonyl (C=O) groups is 1. The molecule has 0 saturated heterocycles. The fourth-order valence-electron chi connectivity index (χ4n) is 1.54. The van der Waals surface area contributed by atoms with Gasteiger partial charge in [0.25, 0.3) is 0 Å². The van der Waals surface area contributed by atoms with Crippen LogP contribution in [0.3, 0.4) is 0 Å². The first-order chi connectivity index (χ1) is 8.17. The number of nitrogens with one attached hydrogen (secondary N) is 1. The van der Waals surface area contributed by atoms with Crippen LogP contribution in [0.15, 0.2) is 24.3 Å². The molecule has 0 spiro atoms. The molecule has 1 unspecified atom stereocenters. The summed E-state index contributed by atoms with van der Waals surface area (Å²) in [5.41, 5.74) is 2.24. The summed E-state index contributed by atoms with van der Waals surface area (Å²) in [5, 5.41) is 2.94. The van der Waals surface area contributed by atoms with E-state index in [-0.39, 0.29) is 11.8 Å². The average molecular weight is 235 g/mol. The molecule has 0 fully saturated rings. The quantitative estimate of drug-likeness (QED) is 0.822. The number of hydrogen-bond donors (Lipinski definition) is 1. The second-order valence-corrected chi connectivity index (χ2v) is 4.28. The van der Waals surface area contributed by atoms with Crippen molar-refractivity contribution in [3.05, 3.63) is 35.4 Å². The van der Waals surface area contributed by atoms with Gasteiger partial charge < -0.3 is 10.1 Å². The molecule has 1 rings (SSSR count). The van der Waals surface area contributed by atoms with E-state index in [2.05, 4.69) is 11.4 Å². The largest absolute Gasteiger partial charge is 0.380 e. The predicted octanol–water partition coefficient (Wildman–Crippen LogP) is 2.50. The topological polar surface area (TPSA) is 38.3 Å². The van der Waals surface area contributed by atoms with Gasteiger partial charge in [-0.1, -0.05) is 38.1 Å². The summed E-state index contributed by atoms with van der Waals surface area (Å²) in [6.07, 6.45) is 0.871. The van der Waals surface area contributed by atoms with E-state index >= 15 is 0 Å². The maximum absolute atomic E-state index is 11.6. The minimum absolute atomic E-state index is 0.0807. The van der Waals surface area contributed by atoms with Crippen LogP contribution in [-0.2, 0) is 22.7 Å². The van der Waals surface area contributed by atoms with Crippen LogP contribution in [0.5, 0.6) is 0 Å². The molecule has 1 aromatic rings. The number of amides is 1. The Morgan fingerprint density at radius 3 is 2.76 bits per heavy atom. The van der Waals surface area contributed by atoms with Crippen LogP contribution >= 0.6 is 0 Å². The van der Waals surface area contributed by atoms with E-state index in [1.807, 2.05) is 32.0 Å². The van der Waals surface area contributed by atoms with E-state index < -0.39 is 0 Å². The monoisotopic (exact) mass is 235 g/mol. The van der Waals surface area contributed by atoms with Crippen molar-refractivity contribution in [1.29, 1.82) is 0 Å². The Bertz CT molecular complexity index is 363. The molecule has 94 valence electrons. The fourth-order valence-corrected chi connectivity index (χ4v) is 1.54. The van der Waals surface area contributed by atoms with Crippen molar-refractivity contribution in [2.45, 2.75) is 33.4 Å². The molecule has 1 atom stereocenters. The highest BCUT2D eigenvalue weighted by atomic mass is 16.5. The zero-order valence-electron chi connectivity index (χ0n) is 10.8. The lowest BCUT2D eigenvalue weighted by Crippen LogP contribution is -2.28. The number of benzene rings is 1. The summed E-state index contributed by atoms with van der Waals surface area (Å²) >= 11 is 0. The summed E-state index contributed by atoms with van der Waals surface area (Å²) in [4.78, 5) is 11.6. The standard InChI is InChI=1S/C14H21NO2/c1-4-11(2)14(16)15-9-12-6-5-7-13(8-12)10-17-3/h5-8,11H,4,9-10H2,1-3H3,(H,15,16). The molecule has 3 heteroatoms. The second kappa shape index (κ2) is 7.07. The third kappa shape index (κ3) is 4.57. The van der Waals surface area contributed by atoms with Gasteiger partial charge in [-0.15, -0.1) is 0 Å². The third-order valence-corrected chi connectivity index (χ3v) is 2.83. The van der Waals surface area contributed by atoms with Crippen molar-refractivity contribution in [3.63, 3.8) is 0 Å². The van der Waals surface area contributed by atoms with E-state index in [0.717, 1.165) is 17.5 Å².